The number of rotatable bonds is 5. The van der Waals surface area contributed by atoms with Gasteiger partial charge in [0, 0.05) is 12.2 Å². The number of halogens is 2. The Hall–Kier alpha value is -2.63. The minimum Gasteiger partial charge on any atom is -0.435 e. The standard InChI is InChI=1S/C19H22F2N2O2/c1-19(2,3)14-6-8-15(9-7-14)23-18(24)22-12-13-4-10-16(11-5-13)25-17(20)21/h4-11,17H,12H2,1-3H3,(H2,22,23,24). The SMILES string of the molecule is CC(C)(C)c1ccc(NC(=O)NCc2ccc(OC(F)F)cc2)cc1. The quantitative estimate of drug-likeness (QED) is 0.807. The van der Waals surface area contributed by atoms with Crippen LogP contribution in [-0.4, -0.2) is 12.6 Å². The Bertz CT molecular complexity index is 693. The summed E-state index contributed by atoms with van der Waals surface area (Å²) in [5, 5.41) is 5.47. The first-order chi connectivity index (χ1) is 11.7. The second-order valence-corrected chi connectivity index (χ2v) is 6.66. The lowest BCUT2D eigenvalue weighted by atomic mass is 9.87. The van der Waals surface area contributed by atoms with E-state index in [-0.39, 0.29) is 23.7 Å². The molecule has 134 valence electrons. The van der Waals surface area contributed by atoms with Gasteiger partial charge in [-0.3, -0.25) is 0 Å². The third-order valence-electron chi connectivity index (χ3n) is 3.61. The van der Waals surface area contributed by atoms with Gasteiger partial charge in [0.15, 0.2) is 0 Å². The van der Waals surface area contributed by atoms with Crippen molar-refractivity contribution in [3.63, 3.8) is 0 Å². The first-order valence-corrected chi connectivity index (χ1v) is 7.93. The number of urea groups is 1. The monoisotopic (exact) mass is 348 g/mol. The molecule has 2 N–H and O–H groups in total. The van der Waals surface area contributed by atoms with Gasteiger partial charge in [-0.15, -0.1) is 0 Å². The van der Waals surface area contributed by atoms with E-state index in [2.05, 4.69) is 36.1 Å². The molecule has 2 aromatic carbocycles. The maximum Gasteiger partial charge on any atom is 0.387 e. The van der Waals surface area contributed by atoms with Crippen molar-refractivity contribution in [2.45, 2.75) is 39.3 Å². The fourth-order valence-corrected chi connectivity index (χ4v) is 2.20. The number of hydrogen-bond acceptors (Lipinski definition) is 2. The molecule has 0 fully saturated rings. The van der Waals surface area contributed by atoms with E-state index in [0.717, 1.165) is 5.56 Å². The number of hydrogen-bond donors (Lipinski definition) is 2. The van der Waals surface area contributed by atoms with Gasteiger partial charge >= 0.3 is 12.6 Å². The Morgan fingerprint density at radius 1 is 1.04 bits per heavy atom. The van der Waals surface area contributed by atoms with Gasteiger partial charge in [0.2, 0.25) is 0 Å². The summed E-state index contributed by atoms with van der Waals surface area (Å²) in [6.07, 6.45) is 0. The lowest BCUT2D eigenvalue weighted by molar-refractivity contribution is -0.0498. The third-order valence-corrected chi connectivity index (χ3v) is 3.61. The molecule has 0 radical (unpaired) electrons. The predicted molar refractivity (Wildman–Crippen MR) is 94.1 cm³/mol. The number of anilines is 1. The summed E-state index contributed by atoms with van der Waals surface area (Å²) < 4.78 is 28.4. The minimum atomic E-state index is -2.85. The van der Waals surface area contributed by atoms with E-state index in [1.807, 2.05) is 24.3 Å². The molecule has 2 aromatic rings. The molecule has 0 aliphatic heterocycles. The van der Waals surface area contributed by atoms with Crippen molar-refractivity contribution >= 4 is 11.7 Å². The highest BCUT2D eigenvalue weighted by Gasteiger charge is 2.13. The third kappa shape index (κ3) is 6.06. The zero-order chi connectivity index (χ0) is 18.4. The molecule has 0 saturated heterocycles. The van der Waals surface area contributed by atoms with Gasteiger partial charge in [0.1, 0.15) is 5.75 Å². The largest absolute Gasteiger partial charge is 0.435 e. The molecular weight excluding hydrogens is 326 g/mol. The lowest BCUT2D eigenvalue weighted by Crippen LogP contribution is -2.28. The Morgan fingerprint density at radius 3 is 2.16 bits per heavy atom. The fourth-order valence-electron chi connectivity index (χ4n) is 2.20. The number of nitrogens with one attached hydrogen (secondary N) is 2. The Labute approximate surface area is 146 Å². The van der Waals surface area contributed by atoms with Crippen LogP contribution < -0.4 is 15.4 Å². The molecular formula is C19H22F2N2O2. The second kappa shape index (κ2) is 7.96. The number of ether oxygens (including phenoxy) is 1. The van der Waals surface area contributed by atoms with Gasteiger partial charge in [0.25, 0.3) is 0 Å². The van der Waals surface area contributed by atoms with E-state index in [1.165, 1.54) is 17.7 Å². The van der Waals surface area contributed by atoms with E-state index < -0.39 is 6.61 Å². The molecule has 0 unspecified atom stereocenters. The van der Waals surface area contributed by atoms with E-state index in [0.29, 0.717) is 5.69 Å². The molecule has 0 aromatic heterocycles. The summed E-state index contributed by atoms with van der Waals surface area (Å²) in [6, 6.07) is 13.5. The number of benzene rings is 2. The van der Waals surface area contributed by atoms with Crippen LogP contribution in [0.1, 0.15) is 31.9 Å². The van der Waals surface area contributed by atoms with Gasteiger partial charge in [-0.05, 0) is 40.8 Å². The van der Waals surface area contributed by atoms with Crippen LogP contribution in [0.15, 0.2) is 48.5 Å². The van der Waals surface area contributed by atoms with Crippen molar-refractivity contribution in [3.8, 4) is 5.75 Å². The van der Waals surface area contributed by atoms with Crippen LogP contribution in [0.25, 0.3) is 0 Å². The molecule has 0 aliphatic carbocycles. The molecule has 6 heteroatoms. The number of carbonyl (C=O) groups is 1. The van der Waals surface area contributed by atoms with E-state index in [9.17, 15) is 13.6 Å². The average molecular weight is 348 g/mol. The summed E-state index contributed by atoms with van der Waals surface area (Å²) in [5.41, 5.74) is 2.72. The highest BCUT2D eigenvalue weighted by Crippen LogP contribution is 2.23. The fraction of sp³-hybridized carbons (Fsp3) is 0.316. The highest BCUT2D eigenvalue weighted by molar-refractivity contribution is 5.89. The van der Waals surface area contributed by atoms with Gasteiger partial charge in [-0.25, -0.2) is 4.79 Å². The van der Waals surface area contributed by atoms with Crippen molar-refractivity contribution < 1.29 is 18.3 Å². The van der Waals surface area contributed by atoms with Crippen LogP contribution in [-0.2, 0) is 12.0 Å². The summed E-state index contributed by atoms with van der Waals surface area (Å²) in [4.78, 5) is 11.9. The number of carbonyl (C=O) groups excluding carboxylic acids is 1. The summed E-state index contributed by atoms with van der Waals surface area (Å²) in [7, 11) is 0. The van der Waals surface area contributed by atoms with Gasteiger partial charge in [0.05, 0.1) is 0 Å². The molecule has 0 bridgehead atoms. The smallest absolute Gasteiger partial charge is 0.387 e. The van der Waals surface area contributed by atoms with Gasteiger partial charge in [-0.2, -0.15) is 8.78 Å². The predicted octanol–water partition coefficient (Wildman–Crippen LogP) is 4.91. The van der Waals surface area contributed by atoms with Crippen molar-refractivity contribution in [2.24, 2.45) is 0 Å². The Kier molecular flexibility index (Phi) is 5.96. The molecule has 0 spiro atoms. The lowest BCUT2D eigenvalue weighted by Gasteiger charge is -2.19. The van der Waals surface area contributed by atoms with Crippen LogP contribution >= 0.6 is 0 Å². The minimum absolute atomic E-state index is 0.0565. The van der Waals surface area contributed by atoms with Crippen molar-refractivity contribution in [2.75, 3.05) is 5.32 Å². The Balaban J connectivity index is 1.84. The summed E-state index contributed by atoms with van der Waals surface area (Å²) >= 11 is 0. The van der Waals surface area contributed by atoms with Crippen molar-refractivity contribution in [3.05, 3.63) is 59.7 Å². The maximum atomic E-state index is 12.1. The van der Waals surface area contributed by atoms with Crippen LogP contribution in [0.4, 0.5) is 19.3 Å². The number of alkyl halides is 2. The highest BCUT2D eigenvalue weighted by atomic mass is 19.3. The average Bonchev–Trinajstić information content (AvgIpc) is 2.53. The molecule has 0 atom stereocenters. The first-order valence-electron chi connectivity index (χ1n) is 7.93. The molecule has 0 saturated carbocycles. The van der Waals surface area contributed by atoms with E-state index in [4.69, 9.17) is 0 Å². The molecule has 4 nitrogen and oxygen atoms in total. The topological polar surface area (TPSA) is 50.4 Å². The normalized spacial score (nSPS) is 11.3. The second-order valence-electron chi connectivity index (χ2n) is 6.66. The molecule has 25 heavy (non-hydrogen) atoms. The summed E-state index contributed by atoms with van der Waals surface area (Å²) in [5.74, 6) is 0.0853. The van der Waals surface area contributed by atoms with Crippen molar-refractivity contribution in [1.29, 1.82) is 0 Å². The van der Waals surface area contributed by atoms with E-state index >= 15 is 0 Å². The van der Waals surface area contributed by atoms with Crippen LogP contribution in [0, 0.1) is 0 Å². The van der Waals surface area contributed by atoms with Crippen molar-refractivity contribution in [1.82, 2.24) is 5.32 Å². The Morgan fingerprint density at radius 2 is 1.64 bits per heavy atom. The maximum absolute atomic E-state index is 12.1. The van der Waals surface area contributed by atoms with Gasteiger partial charge < -0.3 is 15.4 Å². The molecule has 2 rings (SSSR count). The van der Waals surface area contributed by atoms with Crippen LogP contribution in [0.2, 0.25) is 0 Å². The van der Waals surface area contributed by atoms with Crippen LogP contribution in [0.5, 0.6) is 5.75 Å². The first kappa shape index (κ1) is 18.7. The number of amides is 2. The molecule has 2 amide bonds. The van der Waals surface area contributed by atoms with E-state index in [1.54, 1.807) is 12.1 Å². The zero-order valence-corrected chi connectivity index (χ0v) is 14.5. The zero-order valence-electron chi connectivity index (χ0n) is 14.5. The molecule has 0 heterocycles. The van der Waals surface area contributed by atoms with Gasteiger partial charge in [-0.1, -0.05) is 45.0 Å². The molecule has 0 aliphatic rings. The summed E-state index contributed by atoms with van der Waals surface area (Å²) in [6.45, 7) is 3.81. The van der Waals surface area contributed by atoms with Crippen LogP contribution in [0.3, 0.4) is 0 Å².